The molecule has 1 heterocycles. The van der Waals surface area contributed by atoms with Gasteiger partial charge < -0.3 is 4.90 Å². The van der Waals surface area contributed by atoms with E-state index in [1.807, 2.05) is 0 Å². The van der Waals surface area contributed by atoms with Crippen molar-refractivity contribution in [3.05, 3.63) is 11.8 Å². The fourth-order valence-electron chi connectivity index (χ4n) is 1.03. The molecule has 0 aromatic carbocycles. The van der Waals surface area contributed by atoms with Crippen LogP contribution in [-0.2, 0) is 0 Å². The van der Waals surface area contributed by atoms with Crippen LogP contribution < -0.4 is 0 Å². The predicted molar refractivity (Wildman–Crippen MR) is 35.6 cm³/mol. The quantitative estimate of drug-likeness (QED) is 0.497. The molecule has 0 aromatic rings. The van der Waals surface area contributed by atoms with Gasteiger partial charge in [-0.1, -0.05) is 12.5 Å². The van der Waals surface area contributed by atoms with Crippen LogP contribution in [0.1, 0.15) is 19.8 Å². The van der Waals surface area contributed by atoms with E-state index in [0.717, 1.165) is 0 Å². The Morgan fingerprint density at radius 3 is 2.75 bits per heavy atom. The summed E-state index contributed by atoms with van der Waals surface area (Å²) in [5, 5.41) is 0. The van der Waals surface area contributed by atoms with Crippen molar-refractivity contribution in [3.8, 4) is 0 Å². The van der Waals surface area contributed by atoms with Crippen LogP contribution in [0.2, 0.25) is 0 Å². The third-order valence-electron chi connectivity index (χ3n) is 1.64. The Morgan fingerprint density at radius 1 is 1.75 bits per heavy atom. The molecule has 0 unspecified atom stereocenters. The zero-order valence-corrected chi connectivity index (χ0v) is 5.65. The fraction of sp³-hybridized carbons (Fsp3) is 0.714. The molecule has 0 aliphatic carbocycles. The van der Waals surface area contributed by atoms with Gasteiger partial charge in [0, 0.05) is 13.6 Å². The van der Waals surface area contributed by atoms with Crippen molar-refractivity contribution >= 4 is 0 Å². The van der Waals surface area contributed by atoms with E-state index in [1.54, 1.807) is 5.57 Å². The second kappa shape index (κ2) is 2.21. The molecule has 0 saturated heterocycles. The Morgan fingerprint density at radius 2 is 2.50 bits per heavy atom. The zero-order chi connectivity index (χ0) is 5.98. The van der Waals surface area contributed by atoms with Gasteiger partial charge in [0.05, 0.1) is 0 Å². The molecule has 1 aliphatic rings. The summed E-state index contributed by atoms with van der Waals surface area (Å²) in [6, 6.07) is 0. The van der Waals surface area contributed by atoms with Gasteiger partial charge in [-0.15, -0.1) is 0 Å². The van der Waals surface area contributed by atoms with Crippen LogP contribution >= 0.6 is 0 Å². The first-order valence-electron chi connectivity index (χ1n) is 3.22. The van der Waals surface area contributed by atoms with Gasteiger partial charge in [-0.05, 0) is 19.0 Å². The fourth-order valence-corrected chi connectivity index (χ4v) is 1.03. The lowest BCUT2D eigenvalue weighted by atomic mass is 10.2. The summed E-state index contributed by atoms with van der Waals surface area (Å²) in [4.78, 5) is 2.25. The summed E-state index contributed by atoms with van der Waals surface area (Å²) in [6.45, 7) is 3.44. The molecule has 46 valence electrons. The van der Waals surface area contributed by atoms with Gasteiger partial charge >= 0.3 is 0 Å². The standard InChI is InChI=1S/C7H13N/c1-3-7-4-5-8(2)6-7/h6H,3-5H2,1-2H3. The molecule has 0 N–H and O–H groups in total. The number of rotatable bonds is 1. The van der Waals surface area contributed by atoms with E-state index < -0.39 is 0 Å². The van der Waals surface area contributed by atoms with E-state index in [1.165, 1.54) is 19.4 Å². The van der Waals surface area contributed by atoms with Gasteiger partial charge in [-0.25, -0.2) is 0 Å². The van der Waals surface area contributed by atoms with E-state index in [0.29, 0.717) is 0 Å². The summed E-state index contributed by atoms with van der Waals surface area (Å²) in [7, 11) is 2.13. The molecule has 0 saturated carbocycles. The van der Waals surface area contributed by atoms with Crippen molar-refractivity contribution < 1.29 is 0 Å². The number of nitrogens with zero attached hydrogens (tertiary/aromatic N) is 1. The number of hydrogen-bond acceptors (Lipinski definition) is 1. The van der Waals surface area contributed by atoms with Gasteiger partial charge in [0.2, 0.25) is 0 Å². The first-order chi connectivity index (χ1) is 3.83. The van der Waals surface area contributed by atoms with E-state index in [4.69, 9.17) is 0 Å². The third-order valence-corrected chi connectivity index (χ3v) is 1.64. The first kappa shape index (κ1) is 5.67. The molecule has 0 fully saturated rings. The lowest BCUT2D eigenvalue weighted by Gasteiger charge is -2.02. The maximum Gasteiger partial charge on any atom is 0.0207 e. The maximum atomic E-state index is 2.25. The van der Waals surface area contributed by atoms with Crippen molar-refractivity contribution in [3.63, 3.8) is 0 Å². The SMILES string of the molecule is CCC1=CN(C)CC1. The Kier molecular flexibility index (Phi) is 1.56. The highest BCUT2D eigenvalue weighted by Gasteiger charge is 2.04. The van der Waals surface area contributed by atoms with Gasteiger partial charge in [0.15, 0.2) is 0 Å². The monoisotopic (exact) mass is 111 g/mol. The lowest BCUT2D eigenvalue weighted by molar-refractivity contribution is 0.496. The van der Waals surface area contributed by atoms with Crippen LogP contribution in [0.4, 0.5) is 0 Å². The molecular weight excluding hydrogens is 98.1 g/mol. The molecule has 1 heteroatoms. The average Bonchev–Trinajstić information content (AvgIpc) is 2.14. The Labute approximate surface area is 51.0 Å². The van der Waals surface area contributed by atoms with Crippen molar-refractivity contribution in [1.82, 2.24) is 4.90 Å². The molecular formula is C7H13N. The normalized spacial score (nSPS) is 19.2. The van der Waals surface area contributed by atoms with Gasteiger partial charge in [0.1, 0.15) is 0 Å². The minimum absolute atomic E-state index is 1.23. The average molecular weight is 111 g/mol. The highest BCUT2D eigenvalue weighted by molar-refractivity contribution is 5.05. The third kappa shape index (κ3) is 1.03. The minimum Gasteiger partial charge on any atom is -0.380 e. The molecule has 0 bridgehead atoms. The Bertz CT molecular complexity index is 105. The summed E-state index contributed by atoms with van der Waals surface area (Å²) in [6.07, 6.45) is 4.76. The van der Waals surface area contributed by atoms with Crippen LogP contribution in [0.25, 0.3) is 0 Å². The van der Waals surface area contributed by atoms with Gasteiger partial charge in [0.25, 0.3) is 0 Å². The number of hydrogen-bond donors (Lipinski definition) is 0. The Balaban J connectivity index is 2.44. The molecule has 1 aliphatic heterocycles. The highest BCUT2D eigenvalue weighted by atomic mass is 15.1. The molecule has 0 atom stereocenters. The summed E-state index contributed by atoms with van der Waals surface area (Å²) >= 11 is 0. The zero-order valence-electron chi connectivity index (χ0n) is 5.65. The minimum atomic E-state index is 1.23. The van der Waals surface area contributed by atoms with E-state index >= 15 is 0 Å². The largest absolute Gasteiger partial charge is 0.380 e. The van der Waals surface area contributed by atoms with Crippen LogP contribution in [0, 0.1) is 0 Å². The van der Waals surface area contributed by atoms with Crippen LogP contribution in [0.5, 0.6) is 0 Å². The molecule has 8 heavy (non-hydrogen) atoms. The molecule has 0 aromatic heterocycles. The summed E-state index contributed by atoms with van der Waals surface area (Å²) < 4.78 is 0. The lowest BCUT2D eigenvalue weighted by Crippen LogP contribution is -2.04. The van der Waals surface area contributed by atoms with Crippen molar-refractivity contribution in [2.24, 2.45) is 0 Å². The van der Waals surface area contributed by atoms with Crippen LogP contribution in [0.15, 0.2) is 11.8 Å². The van der Waals surface area contributed by atoms with E-state index in [9.17, 15) is 0 Å². The van der Waals surface area contributed by atoms with Crippen molar-refractivity contribution in [2.45, 2.75) is 19.8 Å². The summed E-state index contributed by atoms with van der Waals surface area (Å²) in [5.74, 6) is 0. The van der Waals surface area contributed by atoms with E-state index in [2.05, 4.69) is 25.1 Å². The second-order valence-corrected chi connectivity index (χ2v) is 2.37. The Hall–Kier alpha value is -0.460. The highest BCUT2D eigenvalue weighted by Crippen LogP contribution is 2.14. The maximum absolute atomic E-state index is 2.25. The second-order valence-electron chi connectivity index (χ2n) is 2.37. The molecule has 1 nitrogen and oxygen atoms in total. The van der Waals surface area contributed by atoms with Gasteiger partial charge in [-0.3, -0.25) is 0 Å². The predicted octanol–water partition coefficient (Wildman–Crippen LogP) is 1.62. The van der Waals surface area contributed by atoms with Crippen LogP contribution in [0.3, 0.4) is 0 Å². The van der Waals surface area contributed by atoms with Crippen LogP contribution in [-0.4, -0.2) is 18.5 Å². The van der Waals surface area contributed by atoms with Crippen molar-refractivity contribution in [2.75, 3.05) is 13.6 Å². The first-order valence-corrected chi connectivity index (χ1v) is 3.22. The topological polar surface area (TPSA) is 3.24 Å². The molecule has 0 spiro atoms. The van der Waals surface area contributed by atoms with Gasteiger partial charge in [-0.2, -0.15) is 0 Å². The molecule has 0 amide bonds. The smallest absolute Gasteiger partial charge is 0.0207 e. The molecule has 0 radical (unpaired) electrons. The molecule has 1 rings (SSSR count). The van der Waals surface area contributed by atoms with Crippen molar-refractivity contribution in [1.29, 1.82) is 0 Å². The summed E-state index contributed by atoms with van der Waals surface area (Å²) in [5.41, 5.74) is 1.59. The van der Waals surface area contributed by atoms with E-state index in [-0.39, 0.29) is 0 Å².